The molecule has 5 nitrogen and oxygen atoms in total. The Bertz CT molecular complexity index is 402. The predicted molar refractivity (Wildman–Crippen MR) is 61.3 cm³/mol. The lowest BCUT2D eigenvalue weighted by molar-refractivity contribution is -0.145. The van der Waals surface area contributed by atoms with Gasteiger partial charge in [0.15, 0.2) is 11.5 Å². The summed E-state index contributed by atoms with van der Waals surface area (Å²) in [5.41, 5.74) is 0.404. The normalized spacial score (nSPS) is 13.9. The summed E-state index contributed by atoms with van der Waals surface area (Å²) in [5.74, 6) is -1.17. The van der Waals surface area contributed by atoms with Gasteiger partial charge in [0.25, 0.3) is 0 Å². The Morgan fingerprint density at radius 2 is 1.94 bits per heavy atom. The lowest BCUT2D eigenvalue weighted by Crippen LogP contribution is -2.19. The molecule has 0 bridgehead atoms. The van der Waals surface area contributed by atoms with Gasteiger partial charge in [0, 0.05) is 5.56 Å². The predicted octanol–water partition coefficient (Wildman–Crippen LogP) is 1.46. The summed E-state index contributed by atoms with van der Waals surface area (Å²) in [6, 6.07) is 4.97. The number of para-hydroxylation sites is 1. The van der Waals surface area contributed by atoms with Gasteiger partial charge in [-0.05, 0) is 13.0 Å². The van der Waals surface area contributed by atoms with Crippen molar-refractivity contribution in [3.05, 3.63) is 23.8 Å². The largest absolute Gasteiger partial charge is 0.493 e. The highest BCUT2D eigenvalue weighted by Gasteiger charge is 2.26. The number of carbonyl (C=O) groups is 1. The summed E-state index contributed by atoms with van der Waals surface area (Å²) in [6.45, 7) is 1.44. The van der Waals surface area contributed by atoms with E-state index in [0.29, 0.717) is 17.1 Å². The molecule has 0 aromatic heterocycles. The molecule has 0 aliphatic heterocycles. The Morgan fingerprint density at radius 1 is 1.29 bits per heavy atom. The number of carboxylic acid groups (broad SMARTS) is 1. The van der Waals surface area contributed by atoms with Crippen molar-refractivity contribution in [1.29, 1.82) is 0 Å². The number of hydrogen-bond donors (Lipinski definition) is 2. The van der Waals surface area contributed by atoms with Crippen molar-refractivity contribution in [3.63, 3.8) is 0 Å². The third kappa shape index (κ3) is 2.68. The molecule has 0 heterocycles. The lowest BCUT2D eigenvalue weighted by Gasteiger charge is -2.19. The van der Waals surface area contributed by atoms with Crippen LogP contribution in [0.2, 0.25) is 0 Å². The van der Waals surface area contributed by atoms with Crippen LogP contribution in [0.15, 0.2) is 18.2 Å². The summed E-state index contributed by atoms with van der Waals surface area (Å²) in [5, 5.41) is 18.8. The van der Waals surface area contributed by atoms with Crippen LogP contribution in [0.25, 0.3) is 0 Å². The first kappa shape index (κ1) is 13.3. The quantitative estimate of drug-likeness (QED) is 0.814. The fraction of sp³-hybridized carbons (Fsp3) is 0.417. The van der Waals surface area contributed by atoms with Crippen molar-refractivity contribution in [1.82, 2.24) is 0 Å². The third-order valence-corrected chi connectivity index (χ3v) is 2.62. The van der Waals surface area contributed by atoms with Crippen LogP contribution in [0.1, 0.15) is 18.6 Å². The Labute approximate surface area is 99.6 Å². The van der Waals surface area contributed by atoms with Crippen LogP contribution in [0, 0.1) is 5.92 Å². The summed E-state index contributed by atoms with van der Waals surface area (Å²) >= 11 is 0. The molecular formula is C12H16O5. The van der Waals surface area contributed by atoms with Gasteiger partial charge in [0.1, 0.15) is 0 Å². The van der Waals surface area contributed by atoms with E-state index in [1.807, 2.05) is 0 Å². The Balaban J connectivity index is 3.17. The van der Waals surface area contributed by atoms with Gasteiger partial charge in [-0.25, -0.2) is 0 Å². The molecule has 1 aromatic rings. The van der Waals surface area contributed by atoms with Gasteiger partial charge in [-0.1, -0.05) is 12.1 Å². The molecule has 0 aliphatic rings. The van der Waals surface area contributed by atoms with Gasteiger partial charge in [0.05, 0.1) is 26.2 Å². The fourth-order valence-electron chi connectivity index (χ4n) is 1.55. The number of aliphatic hydroxyl groups excluding tert-OH is 1. The molecule has 0 radical (unpaired) electrons. The van der Waals surface area contributed by atoms with Crippen molar-refractivity contribution >= 4 is 5.97 Å². The van der Waals surface area contributed by atoms with E-state index >= 15 is 0 Å². The average Bonchev–Trinajstić information content (AvgIpc) is 2.35. The van der Waals surface area contributed by atoms with Gasteiger partial charge in [-0.3, -0.25) is 4.79 Å². The smallest absolute Gasteiger partial charge is 0.309 e. The number of hydrogen-bond acceptors (Lipinski definition) is 4. The molecule has 0 spiro atoms. The van der Waals surface area contributed by atoms with Crippen LogP contribution in [0.4, 0.5) is 0 Å². The minimum atomic E-state index is -1.14. The second-order valence-electron chi connectivity index (χ2n) is 3.65. The van der Waals surface area contributed by atoms with E-state index < -0.39 is 18.0 Å². The summed E-state index contributed by atoms with van der Waals surface area (Å²) in [6.07, 6.45) is -1.14. The van der Waals surface area contributed by atoms with Crippen LogP contribution >= 0.6 is 0 Å². The standard InChI is InChI=1S/C12H16O5/c1-7(12(14)15)10(13)8-5-4-6-9(16-2)11(8)17-3/h4-7,10,13H,1-3H3,(H,14,15). The number of aliphatic hydroxyl groups is 1. The molecule has 2 unspecified atom stereocenters. The first-order valence-corrected chi connectivity index (χ1v) is 5.14. The highest BCUT2D eigenvalue weighted by atomic mass is 16.5. The first-order valence-electron chi connectivity index (χ1n) is 5.14. The van der Waals surface area contributed by atoms with Gasteiger partial charge >= 0.3 is 5.97 Å². The van der Waals surface area contributed by atoms with Crippen molar-refractivity contribution in [2.24, 2.45) is 5.92 Å². The molecule has 94 valence electrons. The SMILES string of the molecule is COc1cccc(C(O)C(C)C(=O)O)c1OC. The maximum Gasteiger partial charge on any atom is 0.309 e. The molecule has 0 saturated carbocycles. The monoisotopic (exact) mass is 240 g/mol. The molecule has 17 heavy (non-hydrogen) atoms. The van der Waals surface area contributed by atoms with Crippen LogP contribution in [0.3, 0.4) is 0 Å². The van der Waals surface area contributed by atoms with Crippen molar-refractivity contribution < 1.29 is 24.5 Å². The number of carboxylic acids is 1. The van der Waals surface area contributed by atoms with Crippen molar-refractivity contribution in [3.8, 4) is 11.5 Å². The number of methoxy groups -OCH3 is 2. The number of benzene rings is 1. The molecule has 0 amide bonds. The molecule has 2 N–H and O–H groups in total. The van der Waals surface area contributed by atoms with Crippen molar-refractivity contribution in [2.75, 3.05) is 14.2 Å². The van der Waals surface area contributed by atoms with E-state index in [0.717, 1.165) is 0 Å². The van der Waals surface area contributed by atoms with E-state index in [-0.39, 0.29) is 0 Å². The fourth-order valence-corrected chi connectivity index (χ4v) is 1.55. The van der Waals surface area contributed by atoms with Crippen LogP contribution < -0.4 is 9.47 Å². The molecule has 0 saturated heterocycles. The Kier molecular flexibility index (Phi) is 4.34. The zero-order valence-corrected chi connectivity index (χ0v) is 10.0. The highest BCUT2D eigenvalue weighted by Crippen LogP contribution is 2.37. The zero-order valence-electron chi connectivity index (χ0n) is 10.0. The highest BCUT2D eigenvalue weighted by molar-refractivity contribution is 5.71. The number of rotatable bonds is 5. The van der Waals surface area contributed by atoms with Gasteiger partial charge in [-0.15, -0.1) is 0 Å². The summed E-state index contributed by atoms with van der Waals surface area (Å²) in [4.78, 5) is 10.8. The molecule has 1 rings (SSSR count). The number of aliphatic carboxylic acids is 1. The second-order valence-corrected chi connectivity index (χ2v) is 3.65. The van der Waals surface area contributed by atoms with Gasteiger partial charge in [-0.2, -0.15) is 0 Å². The van der Waals surface area contributed by atoms with E-state index in [4.69, 9.17) is 14.6 Å². The van der Waals surface area contributed by atoms with Crippen molar-refractivity contribution in [2.45, 2.75) is 13.0 Å². The molecule has 0 fully saturated rings. The van der Waals surface area contributed by atoms with E-state index in [1.165, 1.54) is 21.1 Å². The summed E-state index contributed by atoms with van der Waals surface area (Å²) in [7, 11) is 2.92. The van der Waals surface area contributed by atoms with E-state index in [9.17, 15) is 9.90 Å². The maximum absolute atomic E-state index is 10.8. The molecule has 2 atom stereocenters. The molecule has 1 aromatic carbocycles. The van der Waals surface area contributed by atoms with Gasteiger partial charge < -0.3 is 19.7 Å². The number of ether oxygens (including phenoxy) is 2. The molecule has 0 aliphatic carbocycles. The summed E-state index contributed by atoms with van der Waals surface area (Å²) < 4.78 is 10.2. The van der Waals surface area contributed by atoms with Crippen LogP contribution in [-0.4, -0.2) is 30.4 Å². The molecule has 5 heteroatoms. The topological polar surface area (TPSA) is 76.0 Å². The Morgan fingerprint density at radius 3 is 2.41 bits per heavy atom. The van der Waals surface area contributed by atoms with Gasteiger partial charge in [0.2, 0.25) is 0 Å². The van der Waals surface area contributed by atoms with E-state index in [1.54, 1.807) is 18.2 Å². The third-order valence-electron chi connectivity index (χ3n) is 2.62. The average molecular weight is 240 g/mol. The van der Waals surface area contributed by atoms with Crippen LogP contribution in [0.5, 0.6) is 11.5 Å². The zero-order chi connectivity index (χ0) is 13.0. The minimum absolute atomic E-state index is 0.357. The van der Waals surface area contributed by atoms with E-state index in [2.05, 4.69) is 0 Å². The first-order chi connectivity index (χ1) is 8.02. The lowest BCUT2D eigenvalue weighted by atomic mass is 9.96. The molecular weight excluding hydrogens is 224 g/mol. The maximum atomic E-state index is 10.8. The second kappa shape index (κ2) is 5.54. The minimum Gasteiger partial charge on any atom is -0.493 e. The van der Waals surface area contributed by atoms with Crippen LogP contribution in [-0.2, 0) is 4.79 Å². The Hall–Kier alpha value is -1.75.